The van der Waals surface area contributed by atoms with Crippen LogP contribution in [-0.4, -0.2) is 38.3 Å². The molecule has 1 aliphatic rings. The highest BCUT2D eigenvalue weighted by Crippen LogP contribution is 2.41. The van der Waals surface area contributed by atoms with E-state index in [-0.39, 0.29) is 5.91 Å². The molecule has 1 aromatic carbocycles. The highest BCUT2D eigenvalue weighted by atomic mass is 32.1. The minimum absolute atomic E-state index is 0.218. The van der Waals surface area contributed by atoms with Crippen molar-refractivity contribution in [3.8, 4) is 16.9 Å². The van der Waals surface area contributed by atoms with E-state index in [0.717, 1.165) is 34.6 Å². The number of amides is 1. The van der Waals surface area contributed by atoms with Crippen LogP contribution >= 0.6 is 11.3 Å². The fraction of sp³-hybridized carbons (Fsp3) is 0.429. The zero-order valence-corrected chi connectivity index (χ0v) is 17.2. The molecule has 2 aromatic rings. The number of anilines is 1. The van der Waals surface area contributed by atoms with Gasteiger partial charge in [-0.15, -0.1) is 11.3 Å². The van der Waals surface area contributed by atoms with E-state index >= 15 is 0 Å². The number of methoxy groups -OCH3 is 1. The maximum Gasteiger partial charge on any atom is 0.341 e. The fourth-order valence-electron chi connectivity index (χ4n) is 3.18. The summed E-state index contributed by atoms with van der Waals surface area (Å²) in [6.45, 7) is 4.79. The Labute approximate surface area is 168 Å². The number of carbonyl (C=O) groups is 2. The van der Waals surface area contributed by atoms with Crippen LogP contribution in [0.15, 0.2) is 24.3 Å². The first-order valence-electron chi connectivity index (χ1n) is 9.42. The molecule has 0 spiro atoms. The molecule has 1 amide bonds. The summed E-state index contributed by atoms with van der Waals surface area (Å²) in [6.07, 6.45) is 1.82. The van der Waals surface area contributed by atoms with Gasteiger partial charge in [0.25, 0.3) is 5.91 Å². The third-order valence-electron chi connectivity index (χ3n) is 4.56. The van der Waals surface area contributed by atoms with Gasteiger partial charge in [-0.2, -0.15) is 0 Å². The molecule has 0 saturated carbocycles. The third-order valence-corrected chi connectivity index (χ3v) is 5.58. The summed E-state index contributed by atoms with van der Waals surface area (Å²) in [6, 6.07) is 7.49. The van der Waals surface area contributed by atoms with Gasteiger partial charge in [0.2, 0.25) is 0 Å². The van der Waals surface area contributed by atoms with Crippen molar-refractivity contribution in [2.75, 3.05) is 25.6 Å². The number of esters is 1. The van der Waals surface area contributed by atoms with Gasteiger partial charge in [-0.25, -0.2) is 4.79 Å². The fourth-order valence-corrected chi connectivity index (χ4v) is 4.24. The van der Waals surface area contributed by atoms with E-state index in [1.807, 2.05) is 38.1 Å². The minimum atomic E-state index is -0.466. The minimum Gasteiger partial charge on any atom is -0.497 e. The molecule has 0 bridgehead atoms. The van der Waals surface area contributed by atoms with E-state index in [1.165, 1.54) is 11.3 Å². The van der Waals surface area contributed by atoms with Crippen LogP contribution in [0.4, 0.5) is 5.00 Å². The Morgan fingerprint density at radius 1 is 1.29 bits per heavy atom. The van der Waals surface area contributed by atoms with Gasteiger partial charge >= 0.3 is 5.97 Å². The summed E-state index contributed by atoms with van der Waals surface area (Å²) >= 11 is 1.38. The van der Waals surface area contributed by atoms with Crippen LogP contribution in [0.2, 0.25) is 0 Å². The van der Waals surface area contributed by atoms with Crippen molar-refractivity contribution in [1.82, 2.24) is 0 Å². The summed E-state index contributed by atoms with van der Waals surface area (Å²) in [4.78, 5) is 26.3. The molecular formula is C21H25NO5S. The van der Waals surface area contributed by atoms with Crippen LogP contribution in [0.5, 0.6) is 5.75 Å². The molecular weight excluding hydrogens is 378 g/mol. The first kappa shape index (κ1) is 20.4. The van der Waals surface area contributed by atoms with Crippen LogP contribution < -0.4 is 10.1 Å². The number of nitrogens with one attached hydrogen (secondary N) is 1. The molecule has 0 radical (unpaired) electrons. The number of rotatable bonds is 7. The Morgan fingerprint density at radius 2 is 2.04 bits per heavy atom. The van der Waals surface area contributed by atoms with Crippen LogP contribution in [0.25, 0.3) is 11.1 Å². The predicted octanol–water partition coefficient (Wildman–Crippen LogP) is 4.42. The van der Waals surface area contributed by atoms with E-state index in [4.69, 9.17) is 14.2 Å². The third kappa shape index (κ3) is 4.36. The second-order valence-corrected chi connectivity index (χ2v) is 7.82. The van der Waals surface area contributed by atoms with Crippen molar-refractivity contribution in [2.45, 2.75) is 39.2 Å². The highest BCUT2D eigenvalue weighted by Gasteiger charge is 2.29. The molecule has 7 heteroatoms. The van der Waals surface area contributed by atoms with Crippen LogP contribution in [0.1, 0.15) is 41.4 Å². The lowest BCUT2D eigenvalue weighted by Crippen LogP contribution is -2.27. The first-order valence-corrected chi connectivity index (χ1v) is 10.2. The number of carbonyl (C=O) groups excluding carboxylic acids is 2. The van der Waals surface area contributed by atoms with E-state index in [9.17, 15) is 9.59 Å². The van der Waals surface area contributed by atoms with Gasteiger partial charge in [0.05, 0.1) is 13.7 Å². The average molecular weight is 404 g/mol. The van der Waals surface area contributed by atoms with E-state index in [0.29, 0.717) is 30.2 Å². The molecule has 6 nitrogen and oxygen atoms in total. The second kappa shape index (κ2) is 9.21. The Balaban J connectivity index is 1.98. The Morgan fingerprint density at radius 3 is 2.64 bits per heavy atom. The molecule has 0 unspecified atom stereocenters. The first-order chi connectivity index (χ1) is 13.5. The van der Waals surface area contributed by atoms with Crippen LogP contribution in [-0.2, 0) is 14.3 Å². The maximum atomic E-state index is 12.8. The number of hydrogen-bond donors (Lipinski definition) is 1. The molecule has 0 aliphatic carbocycles. The van der Waals surface area contributed by atoms with Crippen molar-refractivity contribution in [1.29, 1.82) is 0 Å². The Hall–Kier alpha value is -2.38. The SMILES string of the molecule is CCCOC(=O)c1c(NC(=O)[C@H]2CCCO2)sc(C)c1-c1ccc(OC)cc1. The van der Waals surface area contributed by atoms with E-state index in [2.05, 4.69) is 5.32 Å². The van der Waals surface area contributed by atoms with Gasteiger partial charge in [-0.1, -0.05) is 19.1 Å². The maximum absolute atomic E-state index is 12.8. The number of ether oxygens (including phenoxy) is 3. The zero-order chi connectivity index (χ0) is 20.1. The standard InChI is InChI=1S/C21H25NO5S/c1-4-11-27-21(24)18-17(14-7-9-15(25-3)10-8-14)13(2)28-20(18)22-19(23)16-6-5-12-26-16/h7-10,16H,4-6,11-12H2,1-3H3,(H,22,23)/t16-/m1/s1. The summed E-state index contributed by atoms with van der Waals surface area (Å²) in [5.41, 5.74) is 2.04. The summed E-state index contributed by atoms with van der Waals surface area (Å²) in [5.74, 6) is 0.0860. The van der Waals surface area contributed by atoms with Crippen molar-refractivity contribution in [3.05, 3.63) is 34.7 Å². The zero-order valence-electron chi connectivity index (χ0n) is 16.4. The summed E-state index contributed by atoms with van der Waals surface area (Å²) in [5, 5.41) is 3.40. The van der Waals surface area contributed by atoms with Crippen molar-refractivity contribution in [3.63, 3.8) is 0 Å². The normalized spacial score (nSPS) is 16.0. The number of thiophene rings is 1. The van der Waals surface area contributed by atoms with Gasteiger partial charge in [-0.05, 0) is 43.9 Å². The van der Waals surface area contributed by atoms with Crippen molar-refractivity contribution < 1.29 is 23.8 Å². The molecule has 1 atom stereocenters. The predicted molar refractivity (Wildman–Crippen MR) is 109 cm³/mol. The second-order valence-electron chi connectivity index (χ2n) is 6.59. The molecule has 28 heavy (non-hydrogen) atoms. The number of hydrogen-bond acceptors (Lipinski definition) is 6. The van der Waals surface area contributed by atoms with Crippen molar-refractivity contribution >= 4 is 28.2 Å². The lowest BCUT2D eigenvalue weighted by atomic mass is 10.0. The lowest BCUT2D eigenvalue weighted by Gasteiger charge is -2.12. The topological polar surface area (TPSA) is 73.9 Å². The van der Waals surface area contributed by atoms with Crippen molar-refractivity contribution in [2.24, 2.45) is 0 Å². The van der Waals surface area contributed by atoms with Gasteiger partial charge in [-0.3, -0.25) is 4.79 Å². The quantitative estimate of drug-likeness (QED) is 0.693. The average Bonchev–Trinajstić information content (AvgIpc) is 3.34. The van der Waals surface area contributed by atoms with Gasteiger partial charge < -0.3 is 19.5 Å². The highest BCUT2D eigenvalue weighted by molar-refractivity contribution is 7.17. The molecule has 3 rings (SSSR count). The lowest BCUT2D eigenvalue weighted by molar-refractivity contribution is -0.124. The Kier molecular flexibility index (Phi) is 6.70. The largest absolute Gasteiger partial charge is 0.497 e. The molecule has 1 fully saturated rings. The molecule has 1 saturated heterocycles. The molecule has 2 heterocycles. The van der Waals surface area contributed by atoms with Gasteiger partial charge in [0.15, 0.2) is 0 Å². The summed E-state index contributed by atoms with van der Waals surface area (Å²) in [7, 11) is 1.61. The van der Waals surface area contributed by atoms with Crippen LogP contribution in [0, 0.1) is 6.92 Å². The monoisotopic (exact) mass is 403 g/mol. The molecule has 1 aliphatic heterocycles. The van der Waals surface area contributed by atoms with Crippen LogP contribution in [0.3, 0.4) is 0 Å². The van der Waals surface area contributed by atoms with E-state index < -0.39 is 12.1 Å². The Bertz CT molecular complexity index is 837. The molecule has 1 aromatic heterocycles. The number of benzene rings is 1. The molecule has 1 N–H and O–H groups in total. The van der Waals surface area contributed by atoms with Gasteiger partial charge in [0, 0.05) is 17.0 Å². The molecule has 150 valence electrons. The van der Waals surface area contributed by atoms with E-state index in [1.54, 1.807) is 7.11 Å². The smallest absolute Gasteiger partial charge is 0.341 e. The summed E-state index contributed by atoms with van der Waals surface area (Å²) < 4.78 is 16.1. The van der Waals surface area contributed by atoms with Gasteiger partial charge in [0.1, 0.15) is 22.4 Å². The number of aryl methyl sites for hydroxylation is 1.